The molecule has 1 amide bonds. The molecule has 0 bridgehead atoms. The van der Waals surface area contributed by atoms with Crippen molar-refractivity contribution in [2.45, 2.75) is 17.8 Å². The Hall–Kier alpha value is -1.74. The molecule has 0 saturated carbocycles. The first-order chi connectivity index (χ1) is 10.2. The van der Waals surface area contributed by atoms with Crippen LogP contribution in [0.15, 0.2) is 23.2 Å². The molecular weight excluding hydrogens is 345 g/mol. The number of alkyl halides is 3. The van der Waals surface area contributed by atoms with E-state index in [2.05, 4.69) is 10.3 Å². The Kier molecular flexibility index (Phi) is 4.66. The van der Waals surface area contributed by atoms with Crippen molar-refractivity contribution >= 4 is 46.1 Å². The van der Waals surface area contributed by atoms with Gasteiger partial charge in [0, 0.05) is 17.4 Å². The van der Waals surface area contributed by atoms with Crippen LogP contribution in [0, 0.1) is 0 Å². The highest BCUT2D eigenvalue weighted by Gasteiger charge is 2.35. The highest BCUT2D eigenvalue weighted by atomic mass is 35.5. The number of nitrogens with zero attached hydrogens (tertiary/aromatic N) is 1. The lowest BCUT2D eigenvalue weighted by Crippen LogP contribution is -2.31. The second kappa shape index (κ2) is 6.17. The fourth-order valence-electron chi connectivity index (χ4n) is 1.69. The Balaban J connectivity index is 2.31. The predicted octanol–water partition coefficient (Wildman–Crippen LogP) is 1.72. The number of carboxylic acid groups (broad SMARTS) is 1. The molecular formula is C12H7ClF3N2O3S-. The first kappa shape index (κ1) is 16.6. The van der Waals surface area contributed by atoms with Crippen LogP contribution in [0.5, 0.6) is 0 Å². The molecule has 0 unspecified atom stereocenters. The van der Waals surface area contributed by atoms with Crippen molar-refractivity contribution in [2.75, 3.05) is 0 Å². The molecule has 0 aliphatic carbocycles. The van der Waals surface area contributed by atoms with Crippen LogP contribution in [0.1, 0.15) is 12.0 Å². The molecule has 1 fully saturated rings. The van der Waals surface area contributed by atoms with E-state index in [4.69, 9.17) is 11.6 Å². The molecule has 1 aliphatic rings. The normalized spacial score (nSPS) is 20.3. The lowest BCUT2D eigenvalue weighted by Gasteiger charge is -2.10. The zero-order chi connectivity index (χ0) is 16.5. The van der Waals surface area contributed by atoms with Gasteiger partial charge in [-0.3, -0.25) is 4.79 Å². The Morgan fingerprint density at radius 3 is 2.73 bits per heavy atom. The predicted molar refractivity (Wildman–Crippen MR) is 72.7 cm³/mol. The molecule has 1 aromatic carbocycles. The Bertz CT molecular complexity index is 664. The van der Waals surface area contributed by atoms with Crippen molar-refractivity contribution < 1.29 is 27.9 Å². The molecule has 5 nitrogen and oxygen atoms in total. The lowest BCUT2D eigenvalue weighted by molar-refractivity contribution is -0.305. The number of halogens is 4. The van der Waals surface area contributed by atoms with Crippen molar-refractivity contribution in [1.29, 1.82) is 0 Å². The topological polar surface area (TPSA) is 81.6 Å². The maximum Gasteiger partial charge on any atom is 0.418 e. The number of benzene rings is 1. The molecule has 0 aromatic heterocycles. The van der Waals surface area contributed by atoms with E-state index in [0.29, 0.717) is 0 Å². The van der Waals surface area contributed by atoms with E-state index in [1.54, 1.807) is 0 Å². The van der Waals surface area contributed by atoms with Crippen LogP contribution in [0.2, 0.25) is 5.02 Å². The maximum atomic E-state index is 12.9. The minimum atomic E-state index is -4.66. The smallest absolute Gasteiger partial charge is 0.418 e. The van der Waals surface area contributed by atoms with Gasteiger partial charge < -0.3 is 15.2 Å². The molecule has 118 valence electrons. The van der Waals surface area contributed by atoms with E-state index in [-0.39, 0.29) is 10.2 Å². The van der Waals surface area contributed by atoms with Crippen molar-refractivity contribution in [3.8, 4) is 0 Å². The molecule has 1 N–H and O–H groups in total. The van der Waals surface area contributed by atoms with Crippen LogP contribution < -0.4 is 10.4 Å². The van der Waals surface area contributed by atoms with Crippen LogP contribution in [-0.2, 0) is 15.8 Å². The van der Waals surface area contributed by atoms with Crippen LogP contribution >= 0.6 is 23.4 Å². The third kappa shape index (κ3) is 3.92. The third-order valence-electron chi connectivity index (χ3n) is 2.61. The third-order valence-corrected chi connectivity index (χ3v) is 3.93. The first-order valence-electron chi connectivity index (χ1n) is 5.79. The largest absolute Gasteiger partial charge is 0.550 e. The summed E-state index contributed by atoms with van der Waals surface area (Å²) in [6, 6.07) is 3.02. The number of carbonyl (C=O) groups is 2. The summed E-state index contributed by atoms with van der Waals surface area (Å²) in [7, 11) is 0. The van der Waals surface area contributed by atoms with Gasteiger partial charge in [-0.05, 0) is 18.2 Å². The van der Waals surface area contributed by atoms with Gasteiger partial charge in [-0.25, -0.2) is 4.99 Å². The number of hydrogen-bond acceptors (Lipinski definition) is 5. The van der Waals surface area contributed by atoms with E-state index in [1.807, 2.05) is 0 Å². The van der Waals surface area contributed by atoms with E-state index >= 15 is 0 Å². The van der Waals surface area contributed by atoms with Gasteiger partial charge in [0.2, 0.25) is 5.91 Å². The Morgan fingerprint density at radius 2 is 2.14 bits per heavy atom. The van der Waals surface area contributed by atoms with E-state index in [9.17, 15) is 27.9 Å². The summed E-state index contributed by atoms with van der Waals surface area (Å²) in [4.78, 5) is 25.7. The van der Waals surface area contributed by atoms with Gasteiger partial charge in [-0.15, -0.1) is 0 Å². The SMILES string of the molecule is O=C([O-])C[C@H]1SC(=Nc2ccc(Cl)cc2C(F)(F)F)NC1=O. The summed E-state index contributed by atoms with van der Waals surface area (Å²) in [6.07, 6.45) is -5.22. The van der Waals surface area contributed by atoms with Crippen LogP contribution in [-0.4, -0.2) is 22.3 Å². The molecule has 1 atom stereocenters. The number of amides is 1. The van der Waals surface area contributed by atoms with Gasteiger partial charge in [-0.2, -0.15) is 13.2 Å². The number of aliphatic imine (C=N–C) groups is 1. The number of hydrogen-bond donors (Lipinski definition) is 1. The quantitative estimate of drug-likeness (QED) is 0.899. The van der Waals surface area contributed by atoms with E-state index < -0.39 is 41.0 Å². The summed E-state index contributed by atoms with van der Waals surface area (Å²) < 4.78 is 38.8. The zero-order valence-electron chi connectivity index (χ0n) is 10.6. The highest BCUT2D eigenvalue weighted by Crippen LogP contribution is 2.38. The second-order valence-corrected chi connectivity index (χ2v) is 5.88. The summed E-state index contributed by atoms with van der Waals surface area (Å²) in [5.74, 6) is -2.08. The number of aliphatic carboxylic acids is 1. The summed E-state index contributed by atoms with van der Waals surface area (Å²) in [6.45, 7) is 0. The summed E-state index contributed by atoms with van der Waals surface area (Å²) >= 11 is 6.28. The average molecular weight is 352 g/mol. The van der Waals surface area contributed by atoms with Gasteiger partial charge >= 0.3 is 6.18 Å². The second-order valence-electron chi connectivity index (χ2n) is 4.25. The molecule has 10 heteroatoms. The fourth-order valence-corrected chi connectivity index (χ4v) is 2.82. The summed E-state index contributed by atoms with van der Waals surface area (Å²) in [5, 5.41) is 11.5. The molecule has 2 rings (SSSR count). The number of rotatable bonds is 3. The standard InChI is InChI=1S/C12H8ClF3N2O3S/c13-5-1-2-7(6(3-5)12(14,15)16)17-11-18-10(21)8(22-11)4-9(19)20/h1-3,8H,4H2,(H,19,20)(H,17,18,21)/p-1/t8-/m1/s1. The minimum Gasteiger partial charge on any atom is -0.550 e. The molecule has 22 heavy (non-hydrogen) atoms. The van der Waals surface area contributed by atoms with Crippen molar-refractivity contribution in [3.63, 3.8) is 0 Å². The van der Waals surface area contributed by atoms with Crippen molar-refractivity contribution in [2.24, 2.45) is 4.99 Å². The molecule has 1 heterocycles. The van der Waals surface area contributed by atoms with Crippen LogP contribution in [0.3, 0.4) is 0 Å². The highest BCUT2D eigenvalue weighted by molar-refractivity contribution is 8.15. The number of thioether (sulfide) groups is 1. The molecule has 0 spiro atoms. The van der Waals surface area contributed by atoms with Gasteiger partial charge in [0.25, 0.3) is 0 Å². The van der Waals surface area contributed by atoms with Gasteiger partial charge in [-0.1, -0.05) is 23.4 Å². The average Bonchev–Trinajstić information content (AvgIpc) is 2.70. The first-order valence-corrected chi connectivity index (χ1v) is 7.05. The molecule has 1 aromatic rings. The molecule has 1 aliphatic heterocycles. The monoisotopic (exact) mass is 351 g/mol. The van der Waals surface area contributed by atoms with Crippen molar-refractivity contribution in [3.05, 3.63) is 28.8 Å². The number of carbonyl (C=O) groups excluding carboxylic acids is 2. The van der Waals surface area contributed by atoms with E-state index in [0.717, 1.165) is 23.9 Å². The lowest BCUT2D eigenvalue weighted by atomic mass is 10.2. The van der Waals surface area contributed by atoms with Gasteiger partial charge in [0.15, 0.2) is 5.17 Å². The Labute approximate surface area is 131 Å². The fraction of sp³-hybridized carbons (Fsp3) is 0.250. The van der Waals surface area contributed by atoms with E-state index in [1.165, 1.54) is 6.07 Å². The van der Waals surface area contributed by atoms with Crippen molar-refractivity contribution in [1.82, 2.24) is 5.32 Å². The van der Waals surface area contributed by atoms with Crippen LogP contribution in [0.4, 0.5) is 18.9 Å². The Morgan fingerprint density at radius 1 is 1.45 bits per heavy atom. The zero-order valence-corrected chi connectivity index (χ0v) is 12.2. The van der Waals surface area contributed by atoms with Gasteiger partial charge in [0.1, 0.15) is 0 Å². The van der Waals surface area contributed by atoms with Crippen LogP contribution in [0.25, 0.3) is 0 Å². The summed E-state index contributed by atoms with van der Waals surface area (Å²) in [5.41, 5.74) is -1.47. The molecule has 0 radical (unpaired) electrons. The van der Waals surface area contributed by atoms with Gasteiger partial charge in [0.05, 0.1) is 16.5 Å². The number of amidine groups is 1. The number of carboxylic acids is 1. The number of nitrogens with one attached hydrogen (secondary N) is 1. The maximum absolute atomic E-state index is 12.9. The minimum absolute atomic E-state index is 0.103. The molecule has 1 saturated heterocycles.